The molecule has 3 aromatic rings. The maximum Gasteiger partial charge on any atom is 0.257 e. The first-order valence-corrected chi connectivity index (χ1v) is 14.4. The summed E-state index contributed by atoms with van der Waals surface area (Å²) in [7, 11) is -3.66. The third kappa shape index (κ3) is 6.74. The van der Waals surface area contributed by atoms with Crippen molar-refractivity contribution in [3.63, 3.8) is 0 Å². The van der Waals surface area contributed by atoms with E-state index in [-0.39, 0.29) is 22.6 Å². The van der Waals surface area contributed by atoms with Crippen LogP contribution in [0.15, 0.2) is 41.3 Å². The minimum Gasteiger partial charge on any atom is -0.490 e. The molecular weight excluding hydrogens is 498 g/mol. The molecule has 2 aromatic carbocycles. The second-order valence-corrected chi connectivity index (χ2v) is 12.2. The van der Waals surface area contributed by atoms with Crippen LogP contribution in [0.5, 0.6) is 11.5 Å². The number of aromatic nitrogens is 1. The lowest BCUT2D eigenvalue weighted by Crippen LogP contribution is -2.37. The molecule has 1 aromatic heterocycles. The van der Waals surface area contributed by atoms with E-state index in [1.165, 1.54) is 11.3 Å². The van der Waals surface area contributed by atoms with Crippen molar-refractivity contribution in [2.45, 2.75) is 46.4 Å². The van der Waals surface area contributed by atoms with Gasteiger partial charge in [0.05, 0.1) is 28.3 Å². The first-order valence-electron chi connectivity index (χ1n) is 12.2. The standard InChI is InChI=1S/C26H35N3O5S2/c1-7-33-22-12-9-19(13-23(22)34-8-2)25(30)28-26-27-21-11-10-20(14-24(21)35-26)36(31,32)29(15-17(3)4)16-18(5)6/h9-14,17-18H,7-8,15-16H2,1-6H3,(H,27,28,30). The number of carbonyl (C=O) groups is 1. The lowest BCUT2D eigenvalue weighted by atomic mass is 10.2. The Morgan fingerprint density at radius 3 is 2.22 bits per heavy atom. The van der Waals surface area contributed by atoms with Crippen LogP contribution in [0.1, 0.15) is 51.9 Å². The molecule has 10 heteroatoms. The van der Waals surface area contributed by atoms with Gasteiger partial charge in [-0.05, 0) is 62.1 Å². The zero-order valence-corrected chi connectivity index (χ0v) is 23.3. The van der Waals surface area contributed by atoms with Crippen molar-refractivity contribution < 1.29 is 22.7 Å². The predicted molar refractivity (Wildman–Crippen MR) is 145 cm³/mol. The van der Waals surface area contributed by atoms with Gasteiger partial charge in [-0.1, -0.05) is 39.0 Å². The van der Waals surface area contributed by atoms with Gasteiger partial charge in [-0.25, -0.2) is 13.4 Å². The quantitative estimate of drug-likeness (QED) is 0.323. The van der Waals surface area contributed by atoms with E-state index in [2.05, 4.69) is 10.3 Å². The third-order valence-electron chi connectivity index (χ3n) is 5.16. The van der Waals surface area contributed by atoms with Crippen LogP contribution in [0, 0.1) is 11.8 Å². The Morgan fingerprint density at radius 1 is 0.972 bits per heavy atom. The van der Waals surface area contributed by atoms with Gasteiger partial charge in [0.25, 0.3) is 5.91 Å². The second kappa shape index (κ2) is 12.0. The van der Waals surface area contributed by atoms with E-state index in [0.29, 0.717) is 58.7 Å². The molecule has 1 heterocycles. The molecule has 0 radical (unpaired) electrons. The Labute approximate surface area is 217 Å². The lowest BCUT2D eigenvalue weighted by molar-refractivity contribution is 0.102. The van der Waals surface area contributed by atoms with Gasteiger partial charge in [0, 0.05) is 18.7 Å². The normalized spacial score (nSPS) is 12.0. The number of amides is 1. The summed E-state index contributed by atoms with van der Waals surface area (Å²) in [6.45, 7) is 13.6. The number of sulfonamides is 1. The van der Waals surface area contributed by atoms with E-state index in [4.69, 9.17) is 9.47 Å². The molecule has 0 aliphatic heterocycles. The molecule has 1 N–H and O–H groups in total. The Balaban J connectivity index is 1.85. The number of hydrogen-bond donors (Lipinski definition) is 1. The monoisotopic (exact) mass is 533 g/mol. The zero-order valence-electron chi connectivity index (χ0n) is 21.7. The maximum absolute atomic E-state index is 13.4. The van der Waals surface area contributed by atoms with Gasteiger partial charge >= 0.3 is 0 Å². The minimum absolute atomic E-state index is 0.207. The fourth-order valence-electron chi connectivity index (χ4n) is 3.71. The molecule has 0 saturated carbocycles. The average Bonchev–Trinajstić information content (AvgIpc) is 3.21. The molecule has 0 saturated heterocycles. The highest BCUT2D eigenvalue weighted by atomic mass is 32.2. The summed E-state index contributed by atoms with van der Waals surface area (Å²) in [5.74, 6) is 1.15. The highest BCUT2D eigenvalue weighted by Gasteiger charge is 2.26. The number of nitrogens with zero attached hydrogens (tertiary/aromatic N) is 2. The van der Waals surface area contributed by atoms with Gasteiger partial charge < -0.3 is 9.47 Å². The predicted octanol–water partition coefficient (Wildman–Crippen LogP) is 5.65. The summed E-state index contributed by atoms with van der Waals surface area (Å²) in [4.78, 5) is 17.6. The number of anilines is 1. The van der Waals surface area contributed by atoms with E-state index in [0.717, 1.165) is 0 Å². The van der Waals surface area contributed by atoms with Crippen molar-refractivity contribution in [1.29, 1.82) is 0 Å². The number of benzene rings is 2. The summed E-state index contributed by atoms with van der Waals surface area (Å²) < 4.78 is 40.2. The molecule has 3 rings (SSSR count). The highest BCUT2D eigenvalue weighted by Crippen LogP contribution is 2.32. The summed E-state index contributed by atoms with van der Waals surface area (Å²) in [6.07, 6.45) is 0. The summed E-state index contributed by atoms with van der Waals surface area (Å²) in [5, 5.41) is 3.20. The molecule has 1 amide bonds. The summed E-state index contributed by atoms with van der Waals surface area (Å²) in [6, 6.07) is 9.91. The first-order chi connectivity index (χ1) is 17.0. The van der Waals surface area contributed by atoms with Crippen molar-refractivity contribution in [3.8, 4) is 11.5 Å². The maximum atomic E-state index is 13.4. The van der Waals surface area contributed by atoms with Gasteiger partial charge in [-0.3, -0.25) is 10.1 Å². The van der Waals surface area contributed by atoms with Crippen molar-refractivity contribution >= 4 is 42.6 Å². The van der Waals surface area contributed by atoms with Crippen LogP contribution in [0.25, 0.3) is 10.2 Å². The van der Waals surface area contributed by atoms with Crippen LogP contribution in [-0.2, 0) is 10.0 Å². The van der Waals surface area contributed by atoms with E-state index in [9.17, 15) is 13.2 Å². The summed E-state index contributed by atoms with van der Waals surface area (Å²) in [5.41, 5.74) is 1.03. The van der Waals surface area contributed by atoms with Crippen molar-refractivity contribution in [2.24, 2.45) is 11.8 Å². The molecule has 0 spiro atoms. The molecule has 0 aliphatic rings. The van der Waals surface area contributed by atoms with Gasteiger partial charge in [-0.2, -0.15) is 4.31 Å². The molecule has 0 fully saturated rings. The van der Waals surface area contributed by atoms with Crippen molar-refractivity contribution in [2.75, 3.05) is 31.6 Å². The molecular formula is C26H35N3O5S2. The molecule has 196 valence electrons. The molecule has 0 unspecified atom stereocenters. The van der Waals surface area contributed by atoms with Crippen LogP contribution in [0.4, 0.5) is 5.13 Å². The smallest absolute Gasteiger partial charge is 0.257 e. The van der Waals surface area contributed by atoms with Crippen LogP contribution >= 0.6 is 11.3 Å². The topological polar surface area (TPSA) is 97.8 Å². The molecule has 0 bridgehead atoms. The van der Waals surface area contributed by atoms with Crippen molar-refractivity contribution in [1.82, 2.24) is 9.29 Å². The van der Waals surface area contributed by atoms with Gasteiger partial charge in [-0.15, -0.1) is 0 Å². The van der Waals surface area contributed by atoms with Crippen LogP contribution in [0.2, 0.25) is 0 Å². The van der Waals surface area contributed by atoms with Crippen LogP contribution < -0.4 is 14.8 Å². The molecule has 0 atom stereocenters. The highest BCUT2D eigenvalue weighted by molar-refractivity contribution is 7.89. The molecule has 8 nitrogen and oxygen atoms in total. The van der Waals surface area contributed by atoms with E-state index >= 15 is 0 Å². The fourth-order valence-corrected chi connectivity index (χ4v) is 6.48. The van der Waals surface area contributed by atoms with E-state index in [1.54, 1.807) is 40.7 Å². The number of nitrogens with one attached hydrogen (secondary N) is 1. The summed E-state index contributed by atoms with van der Waals surface area (Å²) >= 11 is 1.23. The number of hydrogen-bond acceptors (Lipinski definition) is 7. The second-order valence-electron chi connectivity index (χ2n) is 9.24. The largest absolute Gasteiger partial charge is 0.490 e. The van der Waals surface area contributed by atoms with Gasteiger partial charge in [0.2, 0.25) is 10.0 Å². The Morgan fingerprint density at radius 2 is 1.61 bits per heavy atom. The number of fused-ring (bicyclic) bond motifs is 1. The van der Waals surface area contributed by atoms with Gasteiger partial charge in [0.15, 0.2) is 16.6 Å². The SMILES string of the molecule is CCOc1ccc(C(=O)Nc2nc3ccc(S(=O)(=O)N(CC(C)C)CC(C)C)cc3s2)cc1OCC. The van der Waals surface area contributed by atoms with Crippen LogP contribution in [-0.4, -0.2) is 49.9 Å². The van der Waals surface area contributed by atoms with Gasteiger partial charge in [0.1, 0.15) is 0 Å². The van der Waals surface area contributed by atoms with E-state index in [1.807, 2.05) is 41.5 Å². The minimum atomic E-state index is -3.66. The lowest BCUT2D eigenvalue weighted by Gasteiger charge is -2.25. The first kappa shape index (κ1) is 27.9. The molecule has 36 heavy (non-hydrogen) atoms. The average molecular weight is 534 g/mol. The Kier molecular flexibility index (Phi) is 9.32. The fraction of sp³-hybridized carbons (Fsp3) is 0.462. The molecule has 0 aliphatic carbocycles. The zero-order chi connectivity index (χ0) is 26.5. The Hall–Kier alpha value is -2.69. The third-order valence-corrected chi connectivity index (χ3v) is 7.92. The number of rotatable bonds is 12. The number of carbonyl (C=O) groups excluding carboxylic acids is 1. The Bertz CT molecular complexity index is 1290. The number of ether oxygens (including phenoxy) is 2. The number of thiazole rings is 1. The van der Waals surface area contributed by atoms with Crippen LogP contribution in [0.3, 0.4) is 0 Å². The van der Waals surface area contributed by atoms with E-state index < -0.39 is 10.0 Å². The van der Waals surface area contributed by atoms with Crippen molar-refractivity contribution in [3.05, 3.63) is 42.0 Å².